The molecule has 0 fully saturated rings. The minimum absolute atomic E-state index is 0.104. The van der Waals surface area contributed by atoms with Crippen molar-refractivity contribution in [3.8, 4) is 5.75 Å². The van der Waals surface area contributed by atoms with Crippen LogP contribution in [-0.4, -0.2) is 20.8 Å². The van der Waals surface area contributed by atoms with Crippen LogP contribution in [0.1, 0.15) is 26.2 Å². The first-order valence-corrected chi connectivity index (χ1v) is 7.82. The minimum atomic E-state index is -3.19. The van der Waals surface area contributed by atoms with Gasteiger partial charge in [0.05, 0.1) is 17.3 Å². The second kappa shape index (κ2) is 7.21. The van der Waals surface area contributed by atoms with Gasteiger partial charge in [-0.2, -0.15) is 0 Å². The van der Waals surface area contributed by atoms with Crippen LogP contribution in [0.25, 0.3) is 0 Å². The van der Waals surface area contributed by atoms with Crippen molar-refractivity contribution in [2.45, 2.75) is 31.1 Å². The lowest BCUT2D eigenvalue weighted by Crippen LogP contribution is -2.06. The average Bonchev–Trinajstić information content (AvgIpc) is 2.37. The molecule has 4 heteroatoms. The van der Waals surface area contributed by atoms with Crippen LogP contribution in [0.15, 0.2) is 41.8 Å². The first kappa shape index (κ1) is 14.8. The fourth-order valence-electron chi connectivity index (χ4n) is 1.43. The van der Waals surface area contributed by atoms with Crippen LogP contribution in [0.2, 0.25) is 0 Å². The molecule has 0 amide bonds. The van der Waals surface area contributed by atoms with Crippen LogP contribution in [0.3, 0.4) is 0 Å². The molecule has 18 heavy (non-hydrogen) atoms. The van der Waals surface area contributed by atoms with E-state index in [9.17, 15) is 8.42 Å². The van der Waals surface area contributed by atoms with Gasteiger partial charge in [-0.15, -0.1) is 6.58 Å². The second-order valence-corrected chi connectivity index (χ2v) is 6.18. The van der Waals surface area contributed by atoms with Crippen molar-refractivity contribution in [3.63, 3.8) is 0 Å². The van der Waals surface area contributed by atoms with Crippen molar-refractivity contribution in [1.29, 1.82) is 0 Å². The highest BCUT2D eigenvalue weighted by atomic mass is 32.2. The molecule has 0 spiro atoms. The Morgan fingerprint density at radius 3 is 2.50 bits per heavy atom. The van der Waals surface area contributed by atoms with Gasteiger partial charge < -0.3 is 4.74 Å². The highest BCUT2D eigenvalue weighted by Gasteiger charge is 2.12. The van der Waals surface area contributed by atoms with Crippen LogP contribution in [0, 0.1) is 0 Å². The van der Waals surface area contributed by atoms with Crippen molar-refractivity contribution >= 4 is 9.84 Å². The highest BCUT2D eigenvalue weighted by molar-refractivity contribution is 7.91. The van der Waals surface area contributed by atoms with Gasteiger partial charge >= 0.3 is 0 Å². The van der Waals surface area contributed by atoms with Crippen LogP contribution in [-0.2, 0) is 9.84 Å². The van der Waals surface area contributed by atoms with E-state index in [-0.39, 0.29) is 5.75 Å². The summed E-state index contributed by atoms with van der Waals surface area (Å²) in [6.45, 7) is 6.29. The predicted molar refractivity (Wildman–Crippen MR) is 73.7 cm³/mol. The lowest BCUT2D eigenvalue weighted by molar-refractivity contribution is 0.309. The van der Waals surface area contributed by atoms with Gasteiger partial charge in [0.2, 0.25) is 0 Å². The van der Waals surface area contributed by atoms with Gasteiger partial charge in [-0.05, 0) is 37.1 Å². The van der Waals surface area contributed by atoms with Crippen molar-refractivity contribution in [1.82, 2.24) is 0 Å². The Labute approximate surface area is 109 Å². The molecule has 3 nitrogen and oxygen atoms in total. The molecule has 0 unspecified atom stereocenters. The molecular weight excluding hydrogens is 248 g/mol. The molecule has 0 aromatic heterocycles. The van der Waals surface area contributed by atoms with Crippen molar-refractivity contribution < 1.29 is 13.2 Å². The zero-order valence-electron chi connectivity index (χ0n) is 10.8. The van der Waals surface area contributed by atoms with Gasteiger partial charge in [0.1, 0.15) is 5.75 Å². The lowest BCUT2D eigenvalue weighted by atomic mass is 10.3. The summed E-state index contributed by atoms with van der Waals surface area (Å²) in [7, 11) is -3.19. The molecule has 0 aliphatic heterocycles. The van der Waals surface area contributed by atoms with E-state index in [1.165, 1.54) is 0 Å². The first-order valence-electron chi connectivity index (χ1n) is 6.16. The summed E-state index contributed by atoms with van der Waals surface area (Å²) in [5, 5.41) is 0. The summed E-state index contributed by atoms with van der Waals surface area (Å²) in [6.07, 6.45) is 4.16. The Bertz CT molecular complexity index is 460. The lowest BCUT2D eigenvalue weighted by Gasteiger charge is -2.07. The monoisotopic (exact) mass is 268 g/mol. The van der Waals surface area contributed by atoms with Crippen molar-refractivity contribution in [2.24, 2.45) is 0 Å². The van der Waals surface area contributed by atoms with Gasteiger partial charge in [0, 0.05) is 0 Å². The Balaban J connectivity index is 2.67. The van der Waals surface area contributed by atoms with Crippen molar-refractivity contribution in [2.75, 3.05) is 12.4 Å². The molecule has 0 bridgehead atoms. The van der Waals surface area contributed by atoms with E-state index >= 15 is 0 Å². The number of hydrogen-bond donors (Lipinski definition) is 0. The number of rotatable bonds is 8. The molecule has 1 aromatic carbocycles. The van der Waals surface area contributed by atoms with Gasteiger partial charge in [-0.1, -0.05) is 19.4 Å². The normalized spacial score (nSPS) is 11.2. The predicted octanol–water partition coefficient (Wildman–Crippen LogP) is 3.22. The van der Waals surface area contributed by atoms with E-state index < -0.39 is 9.84 Å². The molecule has 1 aromatic rings. The Morgan fingerprint density at radius 2 is 1.94 bits per heavy atom. The minimum Gasteiger partial charge on any atom is -0.494 e. The third-order valence-corrected chi connectivity index (χ3v) is 4.30. The summed E-state index contributed by atoms with van der Waals surface area (Å²) in [5.41, 5.74) is 0. The number of ether oxygens (including phenoxy) is 1. The maximum Gasteiger partial charge on any atom is 0.178 e. The van der Waals surface area contributed by atoms with Gasteiger partial charge in [0.15, 0.2) is 9.84 Å². The quantitative estimate of drug-likeness (QED) is 0.537. The third-order valence-electron chi connectivity index (χ3n) is 2.54. The number of hydrogen-bond acceptors (Lipinski definition) is 3. The molecule has 100 valence electrons. The Kier molecular flexibility index (Phi) is 5.92. The van der Waals surface area contributed by atoms with E-state index in [0.29, 0.717) is 23.7 Å². The van der Waals surface area contributed by atoms with E-state index in [0.717, 1.165) is 12.8 Å². The van der Waals surface area contributed by atoms with Gasteiger partial charge in [-0.25, -0.2) is 8.42 Å². The molecular formula is C14H20O3S. The molecule has 0 saturated carbocycles. The molecule has 0 radical (unpaired) electrons. The topological polar surface area (TPSA) is 43.4 Å². The summed E-state index contributed by atoms with van der Waals surface area (Å²) >= 11 is 0. The average molecular weight is 268 g/mol. The van der Waals surface area contributed by atoms with E-state index in [4.69, 9.17) is 4.74 Å². The molecule has 0 aliphatic rings. The zero-order chi connectivity index (χ0) is 13.4. The van der Waals surface area contributed by atoms with Crippen LogP contribution in [0.4, 0.5) is 0 Å². The standard InChI is InChI=1S/C14H20O3S/c1-3-5-11-17-13-7-9-14(10-8-13)18(15,16)12-6-4-2/h4,7-10H,2-3,5-6,11-12H2,1H3. The summed E-state index contributed by atoms with van der Waals surface area (Å²) < 4.78 is 29.2. The van der Waals surface area contributed by atoms with E-state index in [2.05, 4.69) is 13.5 Å². The van der Waals surface area contributed by atoms with E-state index in [1.54, 1.807) is 30.3 Å². The number of sulfone groups is 1. The van der Waals surface area contributed by atoms with Gasteiger partial charge in [-0.3, -0.25) is 0 Å². The van der Waals surface area contributed by atoms with E-state index in [1.807, 2.05) is 0 Å². The fourth-order valence-corrected chi connectivity index (χ4v) is 2.70. The first-order chi connectivity index (χ1) is 8.60. The highest BCUT2D eigenvalue weighted by Crippen LogP contribution is 2.18. The fraction of sp³-hybridized carbons (Fsp3) is 0.429. The number of unbranched alkanes of at least 4 members (excludes halogenated alkanes) is 1. The maximum absolute atomic E-state index is 11.9. The van der Waals surface area contributed by atoms with Crippen LogP contribution >= 0.6 is 0 Å². The summed E-state index contributed by atoms with van der Waals surface area (Å²) in [5.74, 6) is 0.818. The molecule has 0 aliphatic carbocycles. The number of allylic oxidation sites excluding steroid dienone is 1. The van der Waals surface area contributed by atoms with Gasteiger partial charge in [0.25, 0.3) is 0 Å². The summed E-state index contributed by atoms with van der Waals surface area (Å²) in [6, 6.07) is 6.60. The molecule has 0 heterocycles. The molecule has 0 saturated heterocycles. The smallest absolute Gasteiger partial charge is 0.178 e. The zero-order valence-corrected chi connectivity index (χ0v) is 11.6. The summed E-state index contributed by atoms with van der Waals surface area (Å²) in [4.78, 5) is 0.340. The third kappa shape index (κ3) is 4.53. The SMILES string of the molecule is C=CCCS(=O)(=O)c1ccc(OCCCC)cc1. The second-order valence-electron chi connectivity index (χ2n) is 4.07. The van der Waals surface area contributed by atoms with Crippen LogP contribution < -0.4 is 4.74 Å². The largest absolute Gasteiger partial charge is 0.494 e. The molecule has 0 atom stereocenters. The number of benzene rings is 1. The molecule has 1 rings (SSSR count). The Hall–Kier alpha value is -1.29. The van der Waals surface area contributed by atoms with Crippen molar-refractivity contribution in [3.05, 3.63) is 36.9 Å². The maximum atomic E-state index is 11.9. The molecule has 0 N–H and O–H groups in total. The van der Waals surface area contributed by atoms with Crippen LogP contribution in [0.5, 0.6) is 5.75 Å². The Morgan fingerprint density at radius 1 is 1.28 bits per heavy atom.